The topological polar surface area (TPSA) is 87.7 Å². The van der Waals surface area contributed by atoms with Crippen molar-refractivity contribution in [2.24, 2.45) is 5.92 Å². The molecule has 2 rings (SSSR count). The zero-order valence-corrected chi connectivity index (χ0v) is 17.9. The van der Waals surface area contributed by atoms with Gasteiger partial charge in [0.1, 0.15) is 11.8 Å². The van der Waals surface area contributed by atoms with Crippen LogP contribution in [0.4, 0.5) is 0 Å². The van der Waals surface area contributed by atoms with Gasteiger partial charge in [-0.1, -0.05) is 19.9 Å². The van der Waals surface area contributed by atoms with Gasteiger partial charge in [-0.3, -0.25) is 14.4 Å². The van der Waals surface area contributed by atoms with Gasteiger partial charge in [0.05, 0.1) is 7.11 Å². The van der Waals surface area contributed by atoms with E-state index in [9.17, 15) is 14.4 Å². The predicted molar refractivity (Wildman–Crippen MR) is 112 cm³/mol. The molecule has 0 aliphatic carbocycles. The Morgan fingerprint density at radius 3 is 2.45 bits per heavy atom. The maximum absolute atomic E-state index is 12.9. The minimum Gasteiger partial charge on any atom is -0.497 e. The summed E-state index contributed by atoms with van der Waals surface area (Å²) in [6, 6.07) is 6.26. The number of hydrogen-bond acceptors (Lipinski definition) is 4. The molecule has 1 aromatic carbocycles. The molecular formula is C22H33N3O4. The van der Waals surface area contributed by atoms with E-state index in [-0.39, 0.29) is 29.7 Å². The lowest BCUT2D eigenvalue weighted by atomic mass is 9.88. The highest BCUT2D eigenvalue weighted by Gasteiger charge is 2.34. The van der Waals surface area contributed by atoms with E-state index in [1.54, 1.807) is 31.4 Å². The van der Waals surface area contributed by atoms with Crippen molar-refractivity contribution in [3.63, 3.8) is 0 Å². The molecule has 2 N–H and O–H groups in total. The molecule has 1 aromatic rings. The number of methoxy groups -OCH3 is 1. The van der Waals surface area contributed by atoms with Gasteiger partial charge in [0.15, 0.2) is 0 Å². The van der Waals surface area contributed by atoms with Crippen LogP contribution >= 0.6 is 0 Å². The van der Waals surface area contributed by atoms with Crippen molar-refractivity contribution in [3.05, 3.63) is 29.8 Å². The minimum atomic E-state index is -0.637. The molecule has 7 heteroatoms. The number of amides is 3. The first kappa shape index (κ1) is 22.7. The van der Waals surface area contributed by atoms with E-state index >= 15 is 0 Å². The molecule has 2 atom stereocenters. The maximum atomic E-state index is 12.9. The average molecular weight is 404 g/mol. The molecular weight excluding hydrogens is 370 g/mol. The minimum absolute atomic E-state index is 0.0190. The van der Waals surface area contributed by atoms with Gasteiger partial charge in [0.25, 0.3) is 5.91 Å². The molecule has 1 aliphatic rings. The fourth-order valence-corrected chi connectivity index (χ4v) is 3.53. The molecule has 3 amide bonds. The van der Waals surface area contributed by atoms with Crippen LogP contribution in [0.1, 0.15) is 56.8 Å². The van der Waals surface area contributed by atoms with Crippen molar-refractivity contribution < 1.29 is 19.1 Å². The number of ether oxygens (including phenoxy) is 1. The molecule has 1 saturated heterocycles. The summed E-state index contributed by atoms with van der Waals surface area (Å²) >= 11 is 0. The molecule has 0 spiro atoms. The number of nitrogens with one attached hydrogen (secondary N) is 2. The number of carbonyl (C=O) groups is 3. The summed E-state index contributed by atoms with van der Waals surface area (Å²) in [6.07, 6.45) is 2.66. The van der Waals surface area contributed by atoms with Crippen LogP contribution in [0.2, 0.25) is 0 Å². The second-order valence-electron chi connectivity index (χ2n) is 7.57. The Labute approximate surface area is 173 Å². The van der Waals surface area contributed by atoms with Gasteiger partial charge in [-0.2, -0.15) is 0 Å². The molecule has 7 nitrogen and oxygen atoms in total. The van der Waals surface area contributed by atoms with Crippen LogP contribution in [0.3, 0.4) is 0 Å². The molecule has 1 fully saturated rings. The summed E-state index contributed by atoms with van der Waals surface area (Å²) < 4.78 is 5.19. The second-order valence-corrected chi connectivity index (χ2v) is 7.57. The quantitative estimate of drug-likeness (QED) is 0.698. The molecule has 29 heavy (non-hydrogen) atoms. The van der Waals surface area contributed by atoms with Crippen molar-refractivity contribution in [1.29, 1.82) is 0 Å². The number of carbonyl (C=O) groups excluding carboxylic acids is 3. The summed E-state index contributed by atoms with van der Waals surface area (Å²) in [5, 5.41) is 5.92. The third kappa shape index (κ3) is 6.21. The Bertz CT molecular complexity index is 714. The number of nitrogens with zero attached hydrogens (tertiary/aromatic N) is 1. The van der Waals surface area contributed by atoms with Crippen molar-refractivity contribution in [2.45, 2.75) is 58.5 Å². The third-order valence-electron chi connectivity index (χ3n) is 5.57. The molecule has 1 aliphatic heterocycles. The van der Waals surface area contributed by atoms with Crippen molar-refractivity contribution in [2.75, 3.05) is 20.2 Å². The highest BCUT2D eigenvalue weighted by molar-refractivity contribution is 5.98. The van der Waals surface area contributed by atoms with Gasteiger partial charge in [-0.15, -0.1) is 0 Å². The monoisotopic (exact) mass is 403 g/mol. The molecule has 0 bridgehead atoms. The number of rotatable bonds is 8. The summed E-state index contributed by atoms with van der Waals surface area (Å²) in [5.41, 5.74) is 0.448. The van der Waals surface area contributed by atoms with Gasteiger partial charge in [0.2, 0.25) is 11.8 Å². The Morgan fingerprint density at radius 2 is 1.86 bits per heavy atom. The van der Waals surface area contributed by atoms with Crippen LogP contribution in [0.5, 0.6) is 5.75 Å². The van der Waals surface area contributed by atoms with Gasteiger partial charge in [-0.05, 0) is 50.3 Å². The number of hydrogen-bond donors (Lipinski definition) is 2. The summed E-state index contributed by atoms with van der Waals surface area (Å²) in [5.74, 6) is 0.222. The van der Waals surface area contributed by atoms with Gasteiger partial charge >= 0.3 is 0 Å². The van der Waals surface area contributed by atoms with E-state index in [2.05, 4.69) is 10.6 Å². The highest BCUT2D eigenvalue weighted by Crippen LogP contribution is 2.22. The lowest BCUT2D eigenvalue weighted by Crippen LogP contribution is -2.55. The molecule has 0 aromatic heterocycles. The van der Waals surface area contributed by atoms with Crippen molar-refractivity contribution in [1.82, 2.24) is 15.5 Å². The Balaban J connectivity index is 2.13. The molecule has 0 radical (unpaired) electrons. The van der Waals surface area contributed by atoms with E-state index in [1.807, 2.05) is 25.7 Å². The lowest BCUT2D eigenvalue weighted by molar-refractivity contribution is -0.132. The zero-order chi connectivity index (χ0) is 21.4. The van der Waals surface area contributed by atoms with E-state index in [0.29, 0.717) is 43.7 Å². The summed E-state index contributed by atoms with van der Waals surface area (Å²) in [6.45, 7) is 7.02. The largest absolute Gasteiger partial charge is 0.497 e. The van der Waals surface area contributed by atoms with Gasteiger partial charge < -0.3 is 20.3 Å². The van der Waals surface area contributed by atoms with Crippen molar-refractivity contribution in [3.8, 4) is 5.75 Å². The SMILES string of the molecule is CCC(=O)N1CCC([C@H](NC(=O)c2cccc(OC)c2)C(=O)N[C@H](C)CC)CC1. The normalized spacial score (nSPS) is 16.6. The maximum Gasteiger partial charge on any atom is 0.252 e. The van der Waals surface area contributed by atoms with Crippen LogP contribution in [-0.2, 0) is 9.59 Å². The Morgan fingerprint density at radius 1 is 1.17 bits per heavy atom. The fourth-order valence-electron chi connectivity index (χ4n) is 3.53. The zero-order valence-electron chi connectivity index (χ0n) is 17.9. The predicted octanol–water partition coefficient (Wildman–Crippen LogP) is 2.36. The first-order valence-corrected chi connectivity index (χ1v) is 10.4. The van der Waals surface area contributed by atoms with Crippen LogP contribution in [0.25, 0.3) is 0 Å². The van der Waals surface area contributed by atoms with Crippen LogP contribution in [-0.4, -0.2) is 54.9 Å². The highest BCUT2D eigenvalue weighted by atomic mass is 16.5. The van der Waals surface area contributed by atoms with E-state index < -0.39 is 6.04 Å². The average Bonchev–Trinajstić information content (AvgIpc) is 2.76. The van der Waals surface area contributed by atoms with Crippen LogP contribution < -0.4 is 15.4 Å². The number of likely N-dealkylation sites (tertiary alicyclic amines) is 1. The standard InChI is InChI=1S/C22H33N3O4/c1-5-15(3)23-22(28)20(16-10-12-25(13-11-16)19(26)6-2)24-21(27)17-8-7-9-18(14-17)29-4/h7-9,14-16,20H,5-6,10-13H2,1-4H3,(H,23,28)(H,24,27)/t15-,20+/m1/s1. The van der Waals surface area contributed by atoms with Gasteiger partial charge in [0, 0.05) is 31.1 Å². The molecule has 160 valence electrons. The first-order valence-electron chi connectivity index (χ1n) is 10.4. The van der Waals surface area contributed by atoms with E-state index in [0.717, 1.165) is 6.42 Å². The Hall–Kier alpha value is -2.57. The van der Waals surface area contributed by atoms with Crippen molar-refractivity contribution >= 4 is 17.7 Å². The fraction of sp³-hybridized carbons (Fsp3) is 0.591. The Kier molecular flexibility index (Phi) is 8.49. The molecule has 0 saturated carbocycles. The van der Waals surface area contributed by atoms with E-state index in [4.69, 9.17) is 4.74 Å². The lowest BCUT2D eigenvalue weighted by Gasteiger charge is -2.36. The molecule has 0 unspecified atom stereocenters. The smallest absolute Gasteiger partial charge is 0.252 e. The number of piperidine rings is 1. The second kappa shape index (κ2) is 10.8. The van der Waals surface area contributed by atoms with E-state index in [1.165, 1.54) is 0 Å². The van der Waals surface area contributed by atoms with Gasteiger partial charge in [-0.25, -0.2) is 0 Å². The number of benzene rings is 1. The summed E-state index contributed by atoms with van der Waals surface area (Å²) in [7, 11) is 1.55. The van der Waals surface area contributed by atoms with Crippen LogP contribution in [0.15, 0.2) is 24.3 Å². The van der Waals surface area contributed by atoms with Crippen LogP contribution in [0, 0.1) is 5.92 Å². The molecule has 1 heterocycles. The summed E-state index contributed by atoms with van der Waals surface area (Å²) in [4.78, 5) is 39.6. The third-order valence-corrected chi connectivity index (χ3v) is 5.57. The first-order chi connectivity index (χ1) is 13.9.